The van der Waals surface area contributed by atoms with E-state index in [4.69, 9.17) is 5.21 Å². The Morgan fingerprint density at radius 3 is 2.55 bits per heavy atom. The number of nitrogens with zero attached hydrogens (tertiary/aromatic N) is 2. The number of hydroxylamine groups is 1. The quantitative estimate of drug-likeness (QED) is 0.278. The van der Waals surface area contributed by atoms with Gasteiger partial charge in [-0.1, -0.05) is 12.8 Å². The van der Waals surface area contributed by atoms with Crippen LogP contribution >= 0.6 is 11.3 Å². The molecule has 110 valence electrons. The number of rotatable bonds is 9. The van der Waals surface area contributed by atoms with E-state index in [2.05, 4.69) is 15.5 Å². The van der Waals surface area contributed by atoms with Gasteiger partial charge in [0.2, 0.25) is 11.8 Å². The minimum Gasteiger partial charge on any atom is -0.289 e. The summed E-state index contributed by atoms with van der Waals surface area (Å²) in [4.78, 5) is 26.1. The predicted octanol–water partition coefficient (Wildman–Crippen LogP) is 1.44. The fourth-order valence-electron chi connectivity index (χ4n) is 1.49. The lowest BCUT2D eigenvalue weighted by molar-refractivity contribution is -0.129. The van der Waals surface area contributed by atoms with Crippen LogP contribution in [0.2, 0.25) is 0 Å². The van der Waals surface area contributed by atoms with Gasteiger partial charge >= 0.3 is 0 Å². The Labute approximate surface area is 121 Å². The van der Waals surface area contributed by atoms with Crippen molar-refractivity contribution in [3.8, 4) is 0 Å². The second-order valence-electron chi connectivity index (χ2n) is 4.11. The van der Waals surface area contributed by atoms with Crippen molar-refractivity contribution in [1.82, 2.24) is 15.9 Å². The number of unbranched alkanes of at least 4 members (excludes halogenated alkanes) is 3. The van der Waals surface area contributed by atoms with E-state index in [1.807, 2.05) is 5.38 Å². The van der Waals surface area contributed by atoms with Gasteiger partial charge in [-0.25, -0.2) is 15.9 Å². The lowest BCUT2D eigenvalue weighted by Crippen LogP contribution is -2.18. The van der Waals surface area contributed by atoms with Crippen LogP contribution in [0.1, 0.15) is 43.5 Å². The molecule has 0 saturated heterocycles. The fraction of sp³-hybridized carbons (Fsp3) is 0.500. The molecule has 7 nitrogen and oxygen atoms in total. The second-order valence-corrected chi connectivity index (χ2v) is 5.04. The first-order chi connectivity index (χ1) is 9.72. The van der Waals surface area contributed by atoms with Crippen molar-refractivity contribution in [3.63, 3.8) is 0 Å². The number of aromatic nitrogens is 1. The minimum absolute atomic E-state index is 0.133. The predicted molar refractivity (Wildman–Crippen MR) is 75.5 cm³/mol. The molecule has 3 N–H and O–H groups in total. The Morgan fingerprint density at radius 1 is 1.25 bits per heavy atom. The van der Waals surface area contributed by atoms with Crippen molar-refractivity contribution in [3.05, 3.63) is 16.6 Å². The van der Waals surface area contributed by atoms with Crippen molar-refractivity contribution in [1.29, 1.82) is 0 Å². The number of hydrazone groups is 1. The minimum atomic E-state index is -0.376. The third kappa shape index (κ3) is 7.59. The summed E-state index contributed by atoms with van der Waals surface area (Å²) in [6.07, 6.45) is 7.06. The molecular weight excluding hydrogens is 280 g/mol. The summed E-state index contributed by atoms with van der Waals surface area (Å²) in [5.74, 6) is -0.509. The zero-order chi connectivity index (χ0) is 14.6. The normalized spacial score (nSPS) is 10.7. The highest BCUT2D eigenvalue weighted by Gasteiger charge is 2.01. The Morgan fingerprint density at radius 2 is 1.95 bits per heavy atom. The van der Waals surface area contributed by atoms with Gasteiger partial charge in [0.15, 0.2) is 0 Å². The molecule has 0 unspecified atom stereocenters. The number of carbonyl (C=O) groups is 2. The maximum absolute atomic E-state index is 11.4. The summed E-state index contributed by atoms with van der Waals surface area (Å²) in [6.45, 7) is 0. The Hall–Kier alpha value is -1.80. The fourth-order valence-corrected chi connectivity index (χ4v) is 1.99. The first kappa shape index (κ1) is 16.3. The Kier molecular flexibility index (Phi) is 8.16. The molecule has 0 aliphatic carbocycles. The highest BCUT2D eigenvalue weighted by molar-refractivity contribution is 7.11. The van der Waals surface area contributed by atoms with Crippen LogP contribution in [0.5, 0.6) is 0 Å². The van der Waals surface area contributed by atoms with Crippen LogP contribution in [0, 0.1) is 0 Å². The maximum Gasteiger partial charge on any atom is 0.243 e. The molecule has 0 fully saturated rings. The van der Waals surface area contributed by atoms with E-state index in [-0.39, 0.29) is 11.8 Å². The van der Waals surface area contributed by atoms with Crippen molar-refractivity contribution in [2.24, 2.45) is 5.10 Å². The van der Waals surface area contributed by atoms with E-state index >= 15 is 0 Å². The first-order valence-corrected chi connectivity index (χ1v) is 7.24. The van der Waals surface area contributed by atoms with Crippen LogP contribution in [0.4, 0.5) is 0 Å². The number of nitrogens with one attached hydrogen (secondary N) is 2. The van der Waals surface area contributed by atoms with E-state index in [0.29, 0.717) is 19.3 Å². The lowest BCUT2D eigenvalue weighted by Gasteiger charge is -2.01. The van der Waals surface area contributed by atoms with Gasteiger partial charge < -0.3 is 0 Å². The SMILES string of the molecule is O=C(CCCCCCC(=O)N/N=C/c1nccs1)NO. The van der Waals surface area contributed by atoms with E-state index in [1.165, 1.54) is 17.6 Å². The smallest absolute Gasteiger partial charge is 0.243 e. The van der Waals surface area contributed by atoms with Crippen LogP contribution in [0.25, 0.3) is 0 Å². The number of thiazole rings is 1. The summed E-state index contributed by atoms with van der Waals surface area (Å²) >= 11 is 1.44. The summed E-state index contributed by atoms with van der Waals surface area (Å²) in [6, 6.07) is 0. The van der Waals surface area contributed by atoms with E-state index in [9.17, 15) is 9.59 Å². The highest BCUT2D eigenvalue weighted by atomic mass is 32.1. The van der Waals surface area contributed by atoms with E-state index < -0.39 is 0 Å². The molecule has 0 aromatic carbocycles. The van der Waals surface area contributed by atoms with Gasteiger partial charge in [0.25, 0.3) is 0 Å². The Bertz CT molecular complexity index is 434. The molecule has 1 heterocycles. The van der Waals surface area contributed by atoms with Gasteiger partial charge in [-0.05, 0) is 12.8 Å². The third-order valence-corrected chi connectivity index (χ3v) is 3.21. The largest absolute Gasteiger partial charge is 0.289 e. The lowest BCUT2D eigenvalue weighted by atomic mass is 10.1. The zero-order valence-electron chi connectivity index (χ0n) is 11.0. The molecule has 0 aliphatic heterocycles. The van der Waals surface area contributed by atoms with Crippen LogP contribution in [0.3, 0.4) is 0 Å². The van der Waals surface area contributed by atoms with Crippen molar-refractivity contribution in [2.75, 3.05) is 0 Å². The highest BCUT2D eigenvalue weighted by Crippen LogP contribution is 2.05. The molecule has 2 amide bonds. The monoisotopic (exact) mass is 298 g/mol. The molecule has 20 heavy (non-hydrogen) atoms. The molecule has 0 radical (unpaired) electrons. The number of hydrogen-bond donors (Lipinski definition) is 3. The van der Waals surface area contributed by atoms with Gasteiger partial charge in [-0.2, -0.15) is 5.10 Å². The summed E-state index contributed by atoms with van der Waals surface area (Å²) in [5.41, 5.74) is 4.02. The number of amides is 2. The zero-order valence-corrected chi connectivity index (χ0v) is 11.9. The maximum atomic E-state index is 11.4. The molecule has 1 rings (SSSR count). The summed E-state index contributed by atoms with van der Waals surface area (Å²) in [7, 11) is 0. The van der Waals surface area contributed by atoms with Crippen molar-refractivity contribution < 1.29 is 14.8 Å². The van der Waals surface area contributed by atoms with Crippen LogP contribution < -0.4 is 10.9 Å². The molecule has 0 spiro atoms. The second kappa shape index (κ2) is 10.0. The van der Waals surface area contributed by atoms with Gasteiger partial charge in [0.1, 0.15) is 5.01 Å². The molecule has 1 aromatic rings. The molecule has 8 heteroatoms. The molecule has 0 atom stereocenters. The van der Waals surface area contributed by atoms with Gasteiger partial charge in [0, 0.05) is 24.4 Å². The molecule has 0 saturated carbocycles. The average molecular weight is 298 g/mol. The summed E-state index contributed by atoms with van der Waals surface area (Å²) in [5, 5.41) is 14.7. The molecule has 0 aliphatic rings. The summed E-state index contributed by atoms with van der Waals surface area (Å²) < 4.78 is 0. The third-order valence-electron chi connectivity index (χ3n) is 2.50. The standard InChI is InChI=1S/C12H18N4O3S/c17-10(15-14-9-12-13-7-8-20-12)5-3-1-2-4-6-11(18)16-19/h7-9,19H,1-6H2,(H,15,17)(H,16,18)/b14-9+. The van der Waals surface area contributed by atoms with Gasteiger partial charge in [-0.15, -0.1) is 11.3 Å². The molecule has 1 aromatic heterocycles. The van der Waals surface area contributed by atoms with E-state index in [1.54, 1.807) is 11.7 Å². The Balaban J connectivity index is 1.99. The molecule has 0 bridgehead atoms. The van der Waals surface area contributed by atoms with Crippen molar-refractivity contribution in [2.45, 2.75) is 38.5 Å². The van der Waals surface area contributed by atoms with Crippen LogP contribution in [-0.4, -0.2) is 28.2 Å². The van der Waals surface area contributed by atoms with Gasteiger partial charge in [-0.3, -0.25) is 14.8 Å². The van der Waals surface area contributed by atoms with Crippen molar-refractivity contribution >= 4 is 29.4 Å². The molecular formula is C12H18N4O3S. The van der Waals surface area contributed by atoms with Crippen LogP contribution in [0.15, 0.2) is 16.7 Å². The number of carbonyl (C=O) groups excluding carboxylic acids is 2. The number of hydrogen-bond acceptors (Lipinski definition) is 6. The topological polar surface area (TPSA) is 104 Å². The van der Waals surface area contributed by atoms with Gasteiger partial charge in [0.05, 0.1) is 6.21 Å². The average Bonchev–Trinajstić information content (AvgIpc) is 2.95. The first-order valence-electron chi connectivity index (χ1n) is 6.36. The van der Waals surface area contributed by atoms with Crippen LogP contribution in [-0.2, 0) is 9.59 Å². The van der Waals surface area contributed by atoms with E-state index in [0.717, 1.165) is 24.3 Å².